The van der Waals surface area contributed by atoms with E-state index >= 15 is 0 Å². The number of furan rings is 1. The third-order valence-corrected chi connectivity index (χ3v) is 10.8. The highest BCUT2D eigenvalue weighted by Crippen LogP contribution is 2.42. The molecule has 0 aliphatic heterocycles. The average molecular weight is 688 g/mol. The molecule has 11 rings (SSSR count). The number of fused-ring (bicyclic) bond motifs is 10. The van der Waals surface area contributed by atoms with Gasteiger partial charge in [-0.25, -0.2) is 9.83 Å². The number of rotatable bonds is 4. The quantitative estimate of drug-likeness (QED) is 0.136. The van der Waals surface area contributed by atoms with Crippen molar-refractivity contribution in [2.24, 2.45) is 0 Å². The largest absolute Gasteiger partial charge is 0.455 e. The van der Waals surface area contributed by atoms with Gasteiger partial charge in [0.05, 0.1) is 28.8 Å². The SMILES string of the molecule is [C-]#[N+]c1ccc2c(c1)c1cc(-c3cccc(-c4ccc5c(c4)nc(-c4ccccc4)c4ccc6c7ccccc7oc6c45)c3)ccc1n2-c1ccccc1. The van der Waals surface area contributed by atoms with Crippen LogP contribution in [0.3, 0.4) is 0 Å². The second kappa shape index (κ2) is 11.8. The molecule has 0 aliphatic carbocycles. The Hall–Kier alpha value is -7.48. The first-order chi connectivity index (χ1) is 26.7. The maximum Gasteiger partial charge on any atom is 0.188 e. The standard InChI is InChI=1S/C50H29N3O/c1-51-36-21-26-46-43(30-36)42-28-34(20-25-45(42)53(46)37-15-6-3-7-16-37)32-13-10-14-33(27-32)35-19-22-40-44(29-35)52-49(31-11-4-2-5-12-31)41-24-23-39-38-17-8-9-18-47(38)54-50(39)48(40)41/h2-30H. The summed E-state index contributed by atoms with van der Waals surface area (Å²) in [6.45, 7) is 7.69. The van der Waals surface area contributed by atoms with E-state index in [4.69, 9.17) is 16.0 Å². The normalized spacial score (nSPS) is 11.7. The minimum atomic E-state index is 0.635. The fourth-order valence-electron chi connectivity index (χ4n) is 8.26. The highest BCUT2D eigenvalue weighted by molar-refractivity contribution is 6.25. The molecule has 0 aliphatic rings. The van der Waals surface area contributed by atoms with Gasteiger partial charge in [-0.2, -0.15) is 0 Å². The summed E-state index contributed by atoms with van der Waals surface area (Å²) in [5, 5.41) is 7.63. The molecule has 0 unspecified atom stereocenters. The topological polar surface area (TPSA) is 35.3 Å². The number of aromatic nitrogens is 2. The van der Waals surface area contributed by atoms with Gasteiger partial charge in [0.2, 0.25) is 0 Å². The predicted octanol–water partition coefficient (Wildman–Crippen LogP) is 13.9. The molecule has 0 saturated carbocycles. The van der Waals surface area contributed by atoms with Crippen LogP contribution in [0.25, 0.3) is 109 Å². The minimum absolute atomic E-state index is 0.635. The molecule has 0 spiro atoms. The highest BCUT2D eigenvalue weighted by Gasteiger charge is 2.18. The van der Waals surface area contributed by atoms with Crippen molar-refractivity contribution in [2.75, 3.05) is 0 Å². The summed E-state index contributed by atoms with van der Waals surface area (Å²) in [4.78, 5) is 9.09. The summed E-state index contributed by atoms with van der Waals surface area (Å²) in [5.41, 5.74) is 13.1. The second-order valence-corrected chi connectivity index (χ2v) is 13.8. The Balaban J connectivity index is 1.09. The Kier molecular flexibility index (Phi) is 6.58. The summed E-state index contributed by atoms with van der Waals surface area (Å²) in [6.07, 6.45) is 0. The van der Waals surface area contributed by atoms with Crippen molar-refractivity contribution in [3.63, 3.8) is 0 Å². The van der Waals surface area contributed by atoms with Crippen molar-refractivity contribution in [3.05, 3.63) is 187 Å². The van der Waals surface area contributed by atoms with Gasteiger partial charge in [0, 0.05) is 43.6 Å². The maximum absolute atomic E-state index is 7.69. The lowest BCUT2D eigenvalue weighted by atomic mass is 9.94. The summed E-state index contributed by atoms with van der Waals surface area (Å²) >= 11 is 0. The molecule has 3 heterocycles. The van der Waals surface area contributed by atoms with E-state index in [2.05, 4.69) is 149 Å². The zero-order valence-electron chi connectivity index (χ0n) is 29.0. The number of nitrogens with zero attached hydrogens (tertiary/aromatic N) is 3. The Morgan fingerprint density at radius 3 is 1.91 bits per heavy atom. The van der Waals surface area contributed by atoms with Crippen molar-refractivity contribution in [1.29, 1.82) is 0 Å². The number of pyridine rings is 1. The molecule has 0 atom stereocenters. The van der Waals surface area contributed by atoms with Crippen LogP contribution >= 0.6 is 0 Å². The van der Waals surface area contributed by atoms with E-state index in [0.717, 1.165) is 105 Å². The Labute approximate surface area is 310 Å². The second-order valence-electron chi connectivity index (χ2n) is 13.8. The van der Waals surface area contributed by atoms with Crippen molar-refractivity contribution in [3.8, 4) is 39.2 Å². The van der Waals surface area contributed by atoms with Crippen LogP contribution in [-0.2, 0) is 0 Å². The van der Waals surface area contributed by atoms with Gasteiger partial charge in [0.15, 0.2) is 5.69 Å². The summed E-state index contributed by atoms with van der Waals surface area (Å²) in [6, 6.07) is 61.5. The van der Waals surface area contributed by atoms with Crippen molar-refractivity contribution >= 4 is 71.1 Å². The van der Waals surface area contributed by atoms with Crippen LogP contribution in [0.2, 0.25) is 0 Å². The maximum atomic E-state index is 7.69. The van der Waals surface area contributed by atoms with Crippen LogP contribution < -0.4 is 0 Å². The van der Waals surface area contributed by atoms with Gasteiger partial charge in [0.1, 0.15) is 11.2 Å². The van der Waals surface area contributed by atoms with E-state index in [9.17, 15) is 0 Å². The van der Waals surface area contributed by atoms with Gasteiger partial charge >= 0.3 is 0 Å². The predicted molar refractivity (Wildman–Crippen MR) is 223 cm³/mol. The van der Waals surface area contributed by atoms with Gasteiger partial charge in [-0.05, 0) is 88.3 Å². The van der Waals surface area contributed by atoms with Crippen molar-refractivity contribution in [1.82, 2.24) is 9.55 Å². The van der Waals surface area contributed by atoms with Gasteiger partial charge in [-0.15, -0.1) is 0 Å². The smallest absolute Gasteiger partial charge is 0.188 e. The van der Waals surface area contributed by atoms with Gasteiger partial charge in [-0.3, -0.25) is 0 Å². The molecule has 4 nitrogen and oxygen atoms in total. The van der Waals surface area contributed by atoms with Crippen molar-refractivity contribution < 1.29 is 4.42 Å². The summed E-state index contributed by atoms with van der Waals surface area (Å²) in [5.74, 6) is 0. The third kappa shape index (κ3) is 4.59. The van der Waals surface area contributed by atoms with Crippen LogP contribution in [0.5, 0.6) is 0 Å². The van der Waals surface area contributed by atoms with E-state index in [0.29, 0.717) is 5.69 Å². The molecule has 0 saturated heterocycles. The average Bonchev–Trinajstić information content (AvgIpc) is 3.79. The fourth-order valence-corrected chi connectivity index (χ4v) is 8.26. The van der Waals surface area contributed by atoms with Crippen LogP contribution in [0.1, 0.15) is 0 Å². The molecule has 0 amide bonds. The highest BCUT2D eigenvalue weighted by atomic mass is 16.3. The molecule has 0 fully saturated rings. The molecule has 11 aromatic rings. The van der Waals surface area contributed by atoms with Crippen LogP contribution in [0.4, 0.5) is 5.69 Å². The van der Waals surface area contributed by atoms with E-state index in [1.165, 1.54) is 0 Å². The zero-order valence-corrected chi connectivity index (χ0v) is 29.0. The lowest BCUT2D eigenvalue weighted by Gasteiger charge is -2.13. The molecular formula is C50H29N3O. The number of benzene rings is 8. The first-order valence-corrected chi connectivity index (χ1v) is 18.1. The number of hydrogen-bond donors (Lipinski definition) is 0. The monoisotopic (exact) mass is 687 g/mol. The van der Waals surface area contributed by atoms with Crippen molar-refractivity contribution in [2.45, 2.75) is 0 Å². The third-order valence-electron chi connectivity index (χ3n) is 10.8. The zero-order chi connectivity index (χ0) is 35.8. The number of hydrogen-bond acceptors (Lipinski definition) is 2. The van der Waals surface area contributed by atoms with Crippen LogP contribution in [-0.4, -0.2) is 9.55 Å². The fraction of sp³-hybridized carbons (Fsp3) is 0. The molecule has 8 aromatic carbocycles. The van der Waals surface area contributed by atoms with Crippen LogP contribution in [0, 0.1) is 6.57 Å². The van der Waals surface area contributed by atoms with Crippen LogP contribution in [0.15, 0.2) is 180 Å². The Bertz CT molecular complexity index is 3330. The Morgan fingerprint density at radius 1 is 0.463 bits per heavy atom. The molecule has 250 valence electrons. The molecule has 0 N–H and O–H groups in total. The lowest BCUT2D eigenvalue weighted by Crippen LogP contribution is -1.92. The lowest BCUT2D eigenvalue weighted by molar-refractivity contribution is 0.673. The first-order valence-electron chi connectivity index (χ1n) is 18.1. The van der Waals surface area contributed by atoms with Gasteiger partial charge < -0.3 is 8.98 Å². The molecular weight excluding hydrogens is 659 g/mol. The molecule has 0 radical (unpaired) electrons. The van der Waals surface area contributed by atoms with E-state index in [1.54, 1.807) is 0 Å². The van der Waals surface area contributed by atoms with E-state index in [1.807, 2.05) is 36.4 Å². The molecule has 4 heteroatoms. The molecule has 54 heavy (non-hydrogen) atoms. The first kappa shape index (κ1) is 30.2. The minimum Gasteiger partial charge on any atom is -0.455 e. The van der Waals surface area contributed by atoms with E-state index < -0.39 is 0 Å². The van der Waals surface area contributed by atoms with Gasteiger partial charge in [0.25, 0.3) is 0 Å². The summed E-state index contributed by atoms with van der Waals surface area (Å²) < 4.78 is 8.88. The molecule has 0 bridgehead atoms. The summed E-state index contributed by atoms with van der Waals surface area (Å²) in [7, 11) is 0. The van der Waals surface area contributed by atoms with E-state index in [-0.39, 0.29) is 0 Å². The molecule has 3 aromatic heterocycles. The van der Waals surface area contributed by atoms with Gasteiger partial charge in [-0.1, -0.05) is 115 Å². The Morgan fingerprint density at radius 2 is 1.09 bits per heavy atom. The number of para-hydroxylation sites is 2.